The van der Waals surface area contributed by atoms with Crippen LogP contribution < -0.4 is 0 Å². The van der Waals surface area contributed by atoms with Crippen molar-refractivity contribution in [2.45, 2.75) is 12.8 Å². The summed E-state index contributed by atoms with van der Waals surface area (Å²) in [5.41, 5.74) is 18.1. The van der Waals surface area contributed by atoms with Crippen LogP contribution in [0.1, 0.15) is 23.2 Å². The normalized spacial score (nSPS) is 12.4. The first kappa shape index (κ1) is 47.4. The van der Waals surface area contributed by atoms with Gasteiger partial charge in [-0.25, -0.2) is 15.0 Å². The lowest BCUT2D eigenvalue weighted by Gasteiger charge is -2.31. The molecule has 5 aromatic heterocycles. The maximum absolute atomic E-state index is 10.6. The van der Waals surface area contributed by atoms with E-state index < -0.39 is 0 Å². The second-order valence-corrected chi connectivity index (χ2v) is 21.6. The minimum atomic E-state index is 0.480. The molecule has 0 atom stereocenters. The third kappa shape index (κ3) is 7.03. The summed E-state index contributed by atoms with van der Waals surface area (Å²) in [6, 6.07) is 92.9. The lowest BCUT2D eigenvalue weighted by atomic mass is 9.90. The van der Waals surface area contributed by atoms with Crippen molar-refractivity contribution in [3.05, 3.63) is 278 Å². The molecule has 0 spiro atoms. The lowest BCUT2D eigenvalue weighted by molar-refractivity contribution is 0.950. The number of allylic oxidation sites excluding steroid dienone is 1. The van der Waals surface area contributed by atoms with Crippen LogP contribution in [-0.2, 0) is 6.42 Å². The van der Waals surface area contributed by atoms with Gasteiger partial charge in [0.25, 0.3) is 0 Å². The minimum Gasteiger partial charge on any atom is -0.306 e. The van der Waals surface area contributed by atoms with Gasteiger partial charge in [0.05, 0.1) is 78.6 Å². The maximum atomic E-state index is 10.6. The van der Waals surface area contributed by atoms with E-state index in [0.717, 1.165) is 140 Å². The molecule has 0 amide bonds. The van der Waals surface area contributed by atoms with Gasteiger partial charge >= 0.3 is 0 Å². The van der Waals surface area contributed by atoms with Crippen LogP contribution in [0.5, 0.6) is 0 Å². The standard InChI is InChI=1S/C76H48N8/c77-47-48-43-45-49(46-44-48)68-69(76-79-74(50-23-3-1-4-24-50)78-75(80-76)51-25-5-2-6-26-51)71(82-62-37-17-9-29-54(62)55-30-10-18-38-63(55)82)73(84-66-41-21-13-33-58(66)59-34-14-22-42-67(59)84)72(83-64-39-19-11-31-56(64)57-32-12-20-40-65(57)83)70(68)81-60-35-15-7-27-52(60)53-28-8-16-36-61(53)81/h1-11,13-31,33-46H,12,32H2. The van der Waals surface area contributed by atoms with E-state index in [1.807, 2.05) is 48.5 Å². The molecular formula is C76H48N8. The molecule has 0 aliphatic heterocycles. The van der Waals surface area contributed by atoms with E-state index in [1.165, 1.54) is 10.9 Å². The zero-order chi connectivity index (χ0) is 55.4. The molecule has 84 heavy (non-hydrogen) atoms. The Morgan fingerprint density at radius 2 is 0.655 bits per heavy atom. The number of aryl methyl sites for hydroxylation is 1. The molecular weight excluding hydrogens is 1020 g/mol. The maximum Gasteiger partial charge on any atom is 0.166 e. The first-order valence-electron chi connectivity index (χ1n) is 28.6. The Kier molecular flexibility index (Phi) is 10.6. The number of rotatable bonds is 8. The fraction of sp³-hybridized carbons (Fsp3) is 0.0263. The van der Waals surface area contributed by atoms with E-state index in [-0.39, 0.29) is 0 Å². The van der Waals surface area contributed by atoms with Crippen molar-refractivity contribution >= 4 is 82.4 Å². The van der Waals surface area contributed by atoms with E-state index in [2.05, 4.69) is 243 Å². The zero-order valence-electron chi connectivity index (χ0n) is 45.4. The molecule has 8 nitrogen and oxygen atoms in total. The van der Waals surface area contributed by atoms with E-state index in [1.54, 1.807) is 0 Å². The summed E-state index contributed by atoms with van der Waals surface area (Å²) < 4.78 is 10.1. The van der Waals surface area contributed by atoms with Crippen molar-refractivity contribution in [3.63, 3.8) is 0 Å². The van der Waals surface area contributed by atoms with Crippen molar-refractivity contribution < 1.29 is 0 Å². The summed E-state index contributed by atoms with van der Waals surface area (Å²) in [5, 5.41) is 18.5. The molecule has 1 aliphatic carbocycles. The Bertz CT molecular complexity index is 5220. The Balaban J connectivity index is 1.25. The molecule has 0 saturated heterocycles. The molecule has 0 bridgehead atoms. The molecule has 17 rings (SSSR count). The summed E-state index contributed by atoms with van der Waals surface area (Å²) >= 11 is 0. The van der Waals surface area contributed by atoms with Crippen LogP contribution in [0.3, 0.4) is 0 Å². The molecule has 5 heterocycles. The van der Waals surface area contributed by atoms with Crippen LogP contribution in [0.25, 0.3) is 150 Å². The van der Waals surface area contributed by atoms with E-state index in [9.17, 15) is 5.26 Å². The van der Waals surface area contributed by atoms with Crippen molar-refractivity contribution in [2.75, 3.05) is 0 Å². The number of hydrogen-bond donors (Lipinski definition) is 0. The highest BCUT2D eigenvalue weighted by Crippen LogP contribution is 2.54. The molecule has 8 heteroatoms. The summed E-state index contributed by atoms with van der Waals surface area (Å²) in [5.74, 6) is 1.55. The number of benzene rings is 11. The summed E-state index contributed by atoms with van der Waals surface area (Å²) in [7, 11) is 0. The van der Waals surface area contributed by atoms with Crippen molar-refractivity contribution in [1.82, 2.24) is 33.2 Å². The van der Waals surface area contributed by atoms with Crippen molar-refractivity contribution in [3.8, 4) is 74.1 Å². The van der Waals surface area contributed by atoms with Crippen LogP contribution >= 0.6 is 0 Å². The fourth-order valence-corrected chi connectivity index (χ4v) is 13.6. The van der Waals surface area contributed by atoms with Crippen molar-refractivity contribution in [1.29, 1.82) is 5.26 Å². The first-order chi connectivity index (χ1) is 41.7. The fourth-order valence-electron chi connectivity index (χ4n) is 13.6. The monoisotopic (exact) mass is 1070 g/mol. The average Bonchev–Trinajstić information content (AvgIpc) is 1.57. The van der Waals surface area contributed by atoms with E-state index in [4.69, 9.17) is 15.0 Å². The number of nitrogens with zero attached hydrogens (tertiary/aromatic N) is 8. The van der Waals surface area contributed by atoms with E-state index in [0.29, 0.717) is 23.0 Å². The van der Waals surface area contributed by atoms with Gasteiger partial charge in [-0.3, -0.25) is 0 Å². The molecule has 0 unspecified atom stereocenters. The van der Waals surface area contributed by atoms with Gasteiger partial charge < -0.3 is 18.3 Å². The third-order valence-electron chi connectivity index (χ3n) is 17.1. The Hall–Kier alpha value is -11.4. The molecule has 0 fully saturated rings. The Morgan fingerprint density at radius 3 is 1.08 bits per heavy atom. The molecule has 11 aromatic carbocycles. The second-order valence-electron chi connectivity index (χ2n) is 21.6. The van der Waals surface area contributed by atoms with Gasteiger partial charge in [-0.05, 0) is 84.6 Å². The van der Waals surface area contributed by atoms with Crippen LogP contribution in [0.4, 0.5) is 0 Å². The zero-order valence-corrected chi connectivity index (χ0v) is 45.4. The highest BCUT2D eigenvalue weighted by Gasteiger charge is 2.37. The van der Waals surface area contributed by atoms with Crippen LogP contribution in [-0.4, -0.2) is 33.2 Å². The number of aromatic nitrogens is 7. The number of hydrogen-bond acceptors (Lipinski definition) is 4. The predicted octanol–water partition coefficient (Wildman–Crippen LogP) is 18.6. The van der Waals surface area contributed by atoms with Crippen LogP contribution in [0.2, 0.25) is 0 Å². The summed E-state index contributed by atoms with van der Waals surface area (Å²) in [4.78, 5) is 17.0. The lowest BCUT2D eigenvalue weighted by Crippen LogP contribution is -2.18. The quantitative estimate of drug-likeness (QED) is 0.152. The molecule has 0 saturated carbocycles. The van der Waals surface area contributed by atoms with Gasteiger partial charge in [0.2, 0.25) is 0 Å². The molecule has 0 N–H and O–H groups in total. The first-order valence-corrected chi connectivity index (χ1v) is 28.6. The number of nitriles is 1. The Morgan fingerprint density at radius 1 is 0.310 bits per heavy atom. The van der Waals surface area contributed by atoms with Gasteiger partial charge in [-0.2, -0.15) is 5.26 Å². The summed E-state index contributed by atoms with van der Waals surface area (Å²) in [6.07, 6.45) is 6.49. The van der Waals surface area contributed by atoms with Gasteiger partial charge in [-0.15, -0.1) is 0 Å². The van der Waals surface area contributed by atoms with Gasteiger partial charge in [0, 0.05) is 60.1 Å². The van der Waals surface area contributed by atoms with Crippen molar-refractivity contribution in [2.24, 2.45) is 0 Å². The highest BCUT2D eigenvalue weighted by molar-refractivity contribution is 6.17. The number of fused-ring (bicyclic) bond motifs is 12. The third-order valence-corrected chi connectivity index (χ3v) is 17.1. The average molecular weight is 1070 g/mol. The van der Waals surface area contributed by atoms with Crippen LogP contribution in [0, 0.1) is 11.3 Å². The van der Waals surface area contributed by atoms with Gasteiger partial charge in [-0.1, -0.05) is 206 Å². The SMILES string of the molecule is N#Cc1ccc(-c2c(-c3nc(-c4ccccc4)nc(-c4ccccc4)n3)c(-n3c4ccccc4c4ccccc43)c(-n3c4ccccc4c4ccccc43)c(-n3c4c(c5ccccc53)CCC=C4)c2-n2c3ccccc3c3ccccc32)cc1. The number of para-hydroxylation sites is 7. The van der Waals surface area contributed by atoms with Gasteiger partial charge in [0.15, 0.2) is 17.5 Å². The highest BCUT2D eigenvalue weighted by atomic mass is 15.2. The second kappa shape index (κ2) is 18.8. The largest absolute Gasteiger partial charge is 0.306 e. The molecule has 0 radical (unpaired) electrons. The smallest absolute Gasteiger partial charge is 0.166 e. The predicted molar refractivity (Wildman–Crippen MR) is 343 cm³/mol. The van der Waals surface area contributed by atoms with E-state index >= 15 is 0 Å². The van der Waals surface area contributed by atoms with Gasteiger partial charge in [0.1, 0.15) is 0 Å². The molecule has 392 valence electrons. The Labute approximate surface area is 483 Å². The minimum absolute atomic E-state index is 0.480. The molecule has 1 aliphatic rings. The van der Waals surface area contributed by atoms with Crippen LogP contribution in [0.15, 0.2) is 261 Å². The molecule has 16 aromatic rings. The topological polar surface area (TPSA) is 82.2 Å². The summed E-state index contributed by atoms with van der Waals surface area (Å²) in [6.45, 7) is 0.